The van der Waals surface area contributed by atoms with Gasteiger partial charge in [0.2, 0.25) is 0 Å². The summed E-state index contributed by atoms with van der Waals surface area (Å²) in [5.41, 5.74) is 0. The molecule has 0 saturated heterocycles. The van der Waals surface area contributed by atoms with Crippen LogP contribution in [0.15, 0.2) is 91.0 Å². The smallest absolute Gasteiger partial charge is 0.117 e. The first-order valence-corrected chi connectivity index (χ1v) is 9.92. The normalized spacial score (nSPS) is 11.6. The van der Waals surface area contributed by atoms with Crippen LogP contribution in [0.25, 0.3) is 0 Å². The highest BCUT2D eigenvalue weighted by Gasteiger charge is 2.54. The van der Waals surface area contributed by atoms with E-state index >= 15 is 0 Å². The highest BCUT2D eigenvalue weighted by atomic mass is 127. The Balaban J connectivity index is 0.00000208. The third kappa shape index (κ3) is 3.30. The van der Waals surface area contributed by atoms with Gasteiger partial charge in [-0.3, -0.25) is 0 Å². The molecule has 0 heterocycles. The lowest BCUT2D eigenvalue weighted by Crippen LogP contribution is -3.00. The molecule has 0 spiro atoms. The van der Waals surface area contributed by atoms with Crippen molar-refractivity contribution in [1.29, 1.82) is 0 Å². The predicted octanol–water partition coefficient (Wildman–Crippen LogP) is 1.78. The van der Waals surface area contributed by atoms with Gasteiger partial charge in [-0.05, 0) is 57.2 Å². The molecule has 3 rings (SSSR count). The minimum Gasteiger partial charge on any atom is -1.00 e. The summed E-state index contributed by atoms with van der Waals surface area (Å²) in [6, 6.07) is 33.2. The lowest BCUT2D eigenvalue weighted by molar-refractivity contribution is -0.00000482. The van der Waals surface area contributed by atoms with Crippen molar-refractivity contribution in [3.05, 3.63) is 91.0 Å². The van der Waals surface area contributed by atoms with Crippen molar-refractivity contribution >= 4 is 23.2 Å². The zero-order valence-corrected chi connectivity index (χ0v) is 17.5. The second kappa shape index (κ2) is 7.80. The molecule has 0 unspecified atom stereocenters. The number of hydrogen-bond acceptors (Lipinski definition) is 0. The first-order valence-electron chi connectivity index (χ1n) is 8.13. The standard InChI is InChI=1S/C22H24P.HI/c1-22(2,3)23(19-13-7-4-8-14-19,20-15-9-5-10-16-20)21-17-11-6-12-18-21;/h4-18H,1-3H3;1H/q+1;/p-1. The fourth-order valence-corrected chi connectivity index (χ4v) is 8.64. The van der Waals surface area contributed by atoms with Gasteiger partial charge in [0.05, 0.1) is 5.16 Å². The van der Waals surface area contributed by atoms with E-state index in [2.05, 4.69) is 112 Å². The second-order valence-electron chi connectivity index (χ2n) is 6.85. The maximum Gasteiger partial charge on any atom is 0.117 e. The van der Waals surface area contributed by atoms with Gasteiger partial charge in [-0.25, -0.2) is 0 Å². The zero-order valence-electron chi connectivity index (χ0n) is 14.5. The summed E-state index contributed by atoms with van der Waals surface area (Å²) in [5.74, 6) is 0. The van der Waals surface area contributed by atoms with E-state index in [4.69, 9.17) is 0 Å². The van der Waals surface area contributed by atoms with E-state index in [1.54, 1.807) is 0 Å². The Bertz CT molecular complexity index is 650. The Hall–Kier alpha value is -1.18. The summed E-state index contributed by atoms with van der Waals surface area (Å²) in [6.45, 7) is 7.15. The van der Waals surface area contributed by atoms with Gasteiger partial charge in [-0.1, -0.05) is 54.6 Å². The molecule has 0 aliphatic carbocycles. The Morgan fingerprint density at radius 3 is 0.958 bits per heavy atom. The van der Waals surface area contributed by atoms with Gasteiger partial charge < -0.3 is 24.0 Å². The number of hydrogen-bond donors (Lipinski definition) is 0. The van der Waals surface area contributed by atoms with Crippen molar-refractivity contribution in [2.45, 2.75) is 25.9 Å². The quantitative estimate of drug-likeness (QED) is 0.425. The first-order chi connectivity index (χ1) is 11.1. The van der Waals surface area contributed by atoms with Crippen LogP contribution >= 0.6 is 7.26 Å². The lowest BCUT2D eigenvalue weighted by atomic mass is 10.2. The highest BCUT2D eigenvalue weighted by molar-refractivity contribution is 7.96. The topological polar surface area (TPSA) is 0 Å². The molecule has 0 radical (unpaired) electrons. The Labute approximate surface area is 163 Å². The summed E-state index contributed by atoms with van der Waals surface area (Å²) >= 11 is 0. The average molecular weight is 446 g/mol. The lowest BCUT2D eigenvalue weighted by Gasteiger charge is -2.38. The second-order valence-corrected chi connectivity index (χ2v) is 11.1. The van der Waals surface area contributed by atoms with E-state index in [0.717, 1.165) is 0 Å². The van der Waals surface area contributed by atoms with Crippen LogP contribution in [0.2, 0.25) is 0 Å². The van der Waals surface area contributed by atoms with Crippen molar-refractivity contribution in [2.75, 3.05) is 0 Å². The molecular formula is C22H24IP. The van der Waals surface area contributed by atoms with E-state index in [1.807, 2.05) is 0 Å². The monoisotopic (exact) mass is 446 g/mol. The molecule has 0 aromatic heterocycles. The van der Waals surface area contributed by atoms with Crippen LogP contribution < -0.4 is 39.9 Å². The third-order valence-corrected chi connectivity index (χ3v) is 9.67. The van der Waals surface area contributed by atoms with Crippen molar-refractivity contribution in [3.8, 4) is 0 Å². The molecule has 3 aromatic rings. The average Bonchev–Trinajstić information content (AvgIpc) is 2.57. The molecule has 0 fully saturated rings. The molecule has 0 amide bonds. The largest absolute Gasteiger partial charge is 1.00 e. The third-order valence-electron chi connectivity index (χ3n) is 4.44. The van der Waals surface area contributed by atoms with E-state index in [9.17, 15) is 0 Å². The molecule has 0 saturated carbocycles. The van der Waals surface area contributed by atoms with Crippen molar-refractivity contribution in [2.24, 2.45) is 0 Å². The van der Waals surface area contributed by atoms with Crippen LogP contribution in [0.5, 0.6) is 0 Å². The summed E-state index contributed by atoms with van der Waals surface area (Å²) in [5, 5.41) is 4.48. The fraction of sp³-hybridized carbons (Fsp3) is 0.182. The summed E-state index contributed by atoms with van der Waals surface area (Å²) in [7, 11) is -1.74. The van der Waals surface area contributed by atoms with Crippen LogP contribution in [0, 0.1) is 0 Å². The molecule has 124 valence electrons. The summed E-state index contributed by atoms with van der Waals surface area (Å²) < 4.78 is 0. The van der Waals surface area contributed by atoms with Crippen LogP contribution in [-0.4, -0.2) is 5.16 Å². The van der Waals surface area contributed by atoms with E-state index in [0.29, 0.717) is 0 Å². The number of halogens is 1. The first kappa shape index (κ1) is 19.1. The molecule has 24 heavy (non-hydrogen) atoms. The Kier molecular flexibility index (Phi) is 6.22. The maximum absolute atomic E-state index is 2.38. The molecule has 0 aliphatic rings. The summed E-state index contributed by atoms with van der Waals surface area (Å²) in [6.07, 6.45) is 0. The highest BCUT2D eigenvalue weighted by Crippen LogP contribution is 2.65. The van der Waals surface area contributed by atoms with E-state index in [-0.39, 0.29) is 29.1 Å². The van der Waals surface area contributed by atoms with Gasteiger partial charge in [0.15, 0.2) is 0 Å². The van der Waals surface area contributed by atoms with Crippen molar-refractivity contribution in [3.63, 3.8) is 0 Å². The van der Waals surface area contributed by atoms with E-state index in [1.165, 1.54) is 15.9 Å². The van der Waals surface area contributed by atoms with Crippen LogP contribution in [0.1, 0.15) is 20.8 Å². The van der Waals surface area contributed by atoms with Crippen molar-refractivity contribution < 1.29 is 24.0 Å². The molecule has 2 heteroatoms. The number of rotatable bonds is 3. The molecule has 3 aromatic carbocycles. The predicted molar refractivity (Wildman–Crippen MR) is 105 cm³/mol. The maximum atomic E-state index is 2.38. The summed E-state index contributed by atoms with van der Waals surface area (Å²) in [4.78, 5) is 0. The Morgan fingerprint density at radius 1 is 0.500 bits per heavy atom. The molecule has 0 N–H and O–H groups in total. The van der Waals surface area contributed by atoms with Crippen LogP contribution in [0.3, 0.4) is 0 Å². The minimum absolute atomic E-state index is 0. The zero-order chi connectivity index (χ0) is 16.3. The number of benzene rings is 3. The van der Waals surface area contributed by atoms with Gasteiger partial charge in [-0.15, -0.1) is 0 Å². The SMILES string of the molecule is CC(C)(C)[P+](c1ccccc1)(c1ccccc1)c1ccccc1.[I-]. The molecule has 0 aliphatic heterocycles. The van der Waals surface area contributed by atoms with Gasteiger partial charge in [0, 0.05) is 0 Å². The minimum atomic E-state index is -1.74. The van der Waals surface area contributed by atoms with Gasteiger partial charge in [0.1, 0.15) is 23.2 Å². The van der Waals surface area contributed by atoms with Crippen LogP contribution in [-0.2, 0) is 0 Å². The Morgan fingerprint density at radius 2 is 0.750 bits per heavy atom. The van der Waals surface area contributed by atoms with Gasteiger partial charge in [0.25, 0.3) is 0 Å². The van der Waals surface area contributed by atoms with Crippen LogP contribution in [0.4, 0.5) is 0 Å². The van der Waals surface area contributed by atoms with Crippen molar-refractivity contribution in [1.82, 2.24) is 0 Å². The van der Waals surface area contributed by atoms with E-state index < -0.39 is 7.26 Å². The molecule has 0 atom stereocenters. The van der Waals surface area contributed by atoms with Gasteiger partial charge in [-0.2, -0.15) is 0 Å². The van der Waals surface area contributed by atoms with Gasteiger partial charge >= 0.3 is 0 Å². The fourth-order valence-electron chi connectivity index (χ4n) is 3.56. The molecule has 0 bridgehead atoms. The molecular weight excluding hydrogens is 422 g/mol. The molecule has 0 nitrogen and oxygen atoms in total.